The number of nitrogens with two attached hydrogens (primary N) is 1. The zero-order chi connectivity index (χ0) is 12.6. The fourth-order valence-corrected chi connectivity index (χ4v) is 1.74. The maximum absolute atomic E-state index is 11.8. The highest BCUT2D eigenvalue weighted by Gasteiger charge is 2.51. The number of hydrogen-bond donors (Lipinski definition) is 3. The second kappa shape index (κ2) is 4.03. The molecule has 5 nitrogen and oxygen atoms in total. The van der Waals surface area contributed by atoms with Crippen molar-refractivity contribution in [1.82, 2.24) is 5.32 Å². The Labute approximate surface area is 106 Å². The number of amides is 1. The number of anilines is 1. The highest BCUT2D eigenvalue weighted by atomic mass is 79.9. The van der Waals surface area contributed by atoms with Crippen molar-refractivity contribution in [2.75, 3.05) is 5.73 Å². The predicted octanol–water partition coefficient (Wildman–Crippen LogP) is 1.38. The Balaban J connectivity index is 2.15. The molecule has 0 atom stereocenters. The lowest BCUT2D eigenvalue weighted by Gasteiger charge is -2.12. The van der Waals surface area contributed by atoms with Crippen LogP contribution >= 0.6 is 15.9 Å². The van der Waals surface area contributed by atoms with Gasteiger partial charge in [0.05, 0.1) is 0 Å². The molecular weight excluding hydrogens is 288 g/mol. The van der Waals surface area contributed by atoms with E-state index in [1.54, 1.807) is 12.1 Å². The Bertz CT molecular complexity index is 497. The molecular formula is C11H11BrN2O3. The van der Waals surface area contributed by atoms with Gasteiger partial charge in [-0.2, -0.15) is 0 Å². The van der Waals surface area contributed by atoms with E-state index in [0.717, 1.165) is 0 Å². The minimum absolute atomic E-state index is 0.359. The van der Waals surface area contributed by atoms with Crippen molar-refractivity contribution in [2.24, 2.45) is 0 Å². The summed E-state index contributed by atoms with van der Waals surface area (Å²) in [5, 5.41) is 11.5. The zero-order valence-electron chi connectivity index (χ0n) is 8.87. The van der Waals surface area contributed by atoms with Crippen molar-refractivity contribution < 1.29 is 14.7 Å². The maximum atomic E-state index is 11.8. The van der Waals surface area contributed by atoms with E-state index < -0.39 is 17.4 Å². The van der Waals surface area contributed by atoms with Gasteiger partial charge in [-0.1, -0.05) is 0 Å². The molecule has 1 aromatic rings. The van der Waals surface area contributed by atoms with Crippen molar-refractivity contribution in [3.05, 3.63) is 28.2 Å². The number of hydrogen-bond acceptors (Lipinski definition) is 3. The summed E-state index contributed by atoms with van der Waals surface area (Å²) in [5.74, 6) is -1.40. The van der Waals surface area contributed by atoms with Gasteiger partial charge in [0, 0.05) is 15.7 Å². The number of carbonyl (C=O) groups is 2. The van der Waals surface area contributed by atoms with E-state index in [2.05, 4.69) is 21.2 Å². The summed E-state index contributed by atoms with van der Waals surface area (Å²) in [7, 11) is 0. The van der Waals surface area contributed by atoms with Crippen molar-refractivity contribution in [2.45, 2.75) is 18.4 Å². The van der Waals surface area contributed by atoms with Crippen LogP contribution in [0, 0.1) is 0 Å². The SMILES string of the molecule is Nc1cc(C(=O)NC2(C(=O)O)CC2)ccc1Br. The molecule has 90 valence electrons. The Kier molecular flexibility index (Phi) is 2.82. The lowest BCUT2D eigenvalue weighted by Crippen LogP contribution is -2.43. The third kappa shape index (κ3) is 2.26. The van der Waals surface area contributed by atoms with Crippen LogP contribution < -0.4 is 11.1 Å². The van der Waals surface area contributed by atoms with Crippen LogP contribution in [0.1, 0.15) is 23.2 Å². The van der Waals surface area contributed by atoms with Gasteiger partial charge in [-0.05, 0) is 47.0 Å². The monoisotopic (exact) mass is 298 g/mol. The number of carboxylic acid groups (broad SMARTS) is 1. The topological polar surface area (TPSA) is 92.4 Å². The van der Waals surface area contributed by atoms with Gasteiger partial charge >= 0.3 is 5.97 Å². The summed E-state index contributed by atoms with van der Waals surface area (Å²) >= 11 is 3.22. The van der Waals surface area contributed by atoms with Crippen molar-refractivity contribution in [1.29, 1.82) is 0 Å². The average molecular weight is 299 g/mol. The molecule has 0 heterocycles. The first-order valence-electron chi connectivity index (χ1n) is 5.05. The molecule has 2 rings (SSSR count). The summed E-state index contributed by atoms with van der Waals surface area (Å²) < 4.78 is 0.702. The van der Waals surface area contributed by atoms with E-state index in [-0.39, 0.29) is 0 Å². The third-order valence-electron chi connectivity index (χ3n) is 2.77. The maximum Gasteiger partial charge on any atom is 0.329 e. The standard InChI is InChI=1S/C11H11BrN2O3/c12-7-2-1-6(5-8(7)13)9(15)14-11(3-4-11)10(16)17/h1-2,5H,3-4,13H2,(H,14,15)(H,16,17). The van der Waals surface area contributed by atoms with Crippen LogP contribution in [0.4, 0.5) is 5.69 Å². The van der Waals surface area contributed by atoms with Crippen LogP contribution in [0.5, 0.6) is 0 Å². The van der Waals surface area contributed by atoms with Crippen molar-refractivity contribution in [3.8, 4) is 0 Å². The number of rotatable bonds is 3. The van der Waals surface area contributed by atoms with E-state index in [0.29, 0.717) is 28.6 Å². The van der Waals surface area contributed by atoms with E-state index in [4.69, 9.17) is 10.8 Å². The van der Waals surface area contributed by atoms with Gasteiger partial charge in [0.15, 0.2) is 0 Å². The number of aliphatic carboxylic acids is 1. The van der Waals surface area contributed by atoms with Crippen LogP contribution in [0.25, 0.3) is 0 Å². The minimum atomic E-state index is -1.07. The van der Waals surface area contributed by atoms with Gasteiger partial charge in [-0.25, -0.2) is 4.79 Å². The summed E-state index contributed by atoms with van der Waals surface area (Å²) in [5.41, 5.74) is 5.39. The van der Waals surface area contributed by atoms with Crippen LogP contribution in [-0.2, 0) is 4.79 Å². The highest BCUT2D eigenvalue weighted by molar-refractivity contribution is 9.10. The lowest BCUT2D eigenvalue weighted by molar-refractivity contribution is -0.140. The van der Waals surface area contributed by atoms with E-state index in [1.807, 2.05) is 0 Å². The molecule has 4 N–H and O–H groups in total. The van der Waals surface area contributed by atoms with E-state index in [1.165, 1.54) is 6.07 Å². The number of nitrogens with one attached hydrogen (secondary N) is 1. The van der Waals surface area contributed by atoms with E-state index >= 15 is 0 Å². The summed E-state index contributed by atoms with van der Waals surface area (Å²) in [6, 6.07) is 4.76. The molecule has 1 aliphatic rings. The number of nitrogen functional groups attached to an aromatic ring is 1. The van der Waals surface area contributed by atoms with Crippen LogP contribution in [0.3, 0.4) is 0 Å². The molecule has 6 heteroatoms. The molecule has 1 aliphatic carbocycles. The molecule has 0 aliphatic heterocycles. The fourth-order valence-electron chi connectivity index (χ4n) is 1.49. The molecule has 17 heavy (non-hydrogen) atoms. The Morgan fingerprint density at radius 1 is 1.41 bits per heavy atom. The zero-order valence-corrected chi connectivity index (χ0v) is 10.5. The quantitative estimate of drug-likeness (QED) is 0.735. The van der Waals surface area contributed by atoms with Gasteiger partial charge in [-0.15, -0.1) is 0 Å². The Morgan fingerprint density at radius 3 is 2.53 bits per heavy atom. The molecule has 0 radical (unpaired) electrons. The first-order chi connectivity index (χ1) is 7.94. The van der Waals surface area contributed by atoms with E-state index in [9.17, 15) is 9.59 Å². The van der Waals surface area contributed by atoms with Crippen LogP contribution in [0.2, 0.25) is 0 Å². The molecule has 0 aromatic heterocycles. The fraction of sp³-hybridized carbons (Fsp3) is 0.273. The predicted molar refractivity (Wildman–Crippen MR) is 65.6 cm³/mol. The summed E-state index contributed by atoms with van der Waals surface area (Å²) in [6.07, 6.45) is 0.945. The molecule has 0 saturated heterocycles. The van der Waals surface area contributed by atoms with Crippen molar-refractivity contribution >= 4 is 33.5 Å². The number of benzene rings is 1. The Morgan fingerprint density at radius 2 is 2.06 bits per heavy atom. The summed E-state index contributed by atoms with van der Waals surface area (Å²) in [6.45, 7) is 0. The summed E-state index contributed by atoms with van der Waals surface area (Å²) in [4.78, 5) is 22.7. The molecule has 0 unspecified atom stereocenters. The molecule has 0 bridgehead atoms. The number of halogens is 1. The average Bonchev–Trinajstić information content (AvgIpc) is 3.03. The molecule has 1 aromatic carbocycles. The first-order valence-corrected chi connectivity index (χ1v) is 5.85. The molecule has 0 spiro atoms. The van der Waals surface area contributed by atoms with Gasteiger partial charge in [-0.3, -0.25) is 4.79 Å². The molecule has 1 saturated carbocycles. The Hall–Kier alpha value is -1.56. The molecule has 1 amide bonds. The minimum Gasteiger partial charge on any atom is -0.480 e. The van der Waals surface area contributed by atoms with Gasteiger partial charge in [0.2, 0.25) is 0 Å². The second-order valence-electron chi connectivity index (χ2n) is 4.08. The third-order valence-corrected chi connectivity index (χ3v) is 3.49. The first kappa shape index (κ1) is 11.9. The second-order valence-corrected chi connectivity index (χ2v) is 4.93. The van der Waals surface area contributed by atoms with Crippen LogP contribution in [-0.4, -0.2) is 22.5 Å². The van der Waals surface area contributed by atoms with Crippen molar-refractivity contribution in [3.63, 3.8) is 0 Å². The van der Waals surface area contributed by atoms with Gasteiger partial charge < -0.3 is 16.2 Å². The van der Waals surface area contributed by atoms with Crippen LogP contribution in [0.15, 0.2) is 22.7 Å². The van der Waals surface area contributed by atoms with Gasteiger partial charge in [0.25, 0.3) is 5.91 Å². The normalized spacial score (nSPS) is 16.3. The molecule has 1 fully saturated rings. The highest BCUT2D eigenvalue weighted by Crippen LogP contribution is 2.35. The lowest BCUT2D eigenvalue weighted by atomic mass is 10.1. The number of carbonyl (C=O) groups excluding carboxylic acids is 1. The largest absolute Gasteiger partial charge is 0.480 e. The smallest absolute Gasteiger partial charge is 0.329 e. The number of carboxylic acids is 1. The van der Waals surface area contributed by atoms with Gasteiger partial charge in [0.1, 0.15) is 5.54 Å².